The molecule has 188 valence electrons. The first-order valence-electron chi connectivity index (χ1n) is 11.8. The number of alkyl halides is 3. The molecule has 0 saturated carbocycles. The molecule has 0 bridgehead atoms. The van der Waals surface area contributed by atoms with Crippen LogP contribution in [0.15, 0.2) is 36.7 Å². The van der Waals surface area contributed by atoms with Gasteiger partial charge in [-0.2, -0.15) is 13.2 Å². The Kier molecular flexibility index (Phi) is 11.8. The van der Waals surface area contributed by atoms with Crippen LogP contribution in [-0.4, -0.2) is 48.0 Å². The largest absolute Gasteiger partial charge is 0.494 e. The van der Waals surface area contributed by atoms with E-state index in [0.717, 1.165) is 37.4 Å². The lowest BCUT2D eigenvalue weighted by Crippen LogP contribution is -2.38. The number of rotatable bonds is 15. The molecule has 1 aromatic carbocycles. The fraction of sp³-hybridized carbons (Fsp3) is 0.560. The van der Waals surface area contributed by atoms with E-state index in [1.807, 2.05) is 6.92 Å². The lowest BCUT2D eigenvalue weighted by atomic mass is 10.2. The van der Waals surface area contributed by atoms with E-state index < -0.39 is 24.9 Å². The van der Waals surface area contributed by atoms with Gasteiger partial charge in [0.1, 0.15) is 5.75 Å². The maximum atomic E-state index is 13.2. The Morgan fingerprint density at radius 3 is 2.18 bits per heavy atom. The second kappa shape index (κ2) is 14.6. The molecule has 1 heterocycles. The van der Waals surface area contributed by atoms with E-state index in [-0.39, 0.29) is 12.2 Å². The molecule has 0 radical (unpaired) electrons. The molecule has 0 aliphatic heterocycles. The zero-order chi connectivity index (χ0) is 24.8. The lowest BCUT2D eigenvalue weighted by molar-refractivity contribution is -0.217. The van der Waals surface area contributed by atoms with Gasteiger partial charge in [0.05, 0.1) is 18.8 Å². The second-order valence-corrected chi connectivity index (χ2v) is 7.95. The van der Waals surface area contributed by atoms with Crippen LogP contribution < -0.4 is 4.74 Å². The average Bonchev–Trinajstić information content (AvgIpc) is 2.83. The first-order valence-corrected chi connectivity index (χ1v) is 11.8. The number of hydrogen-bond acceptors (Lipinski definition) is 6. The molecule has 6 nitrogen and oxygen atoms in total. The van der Waals surface area contributed by atoms with Crippen LogP contribution >= 0.6 is 0 Å². The minimum Gasteiger partial charge on any atom is -0.494 e. The molecule has 0 amide bonds. The maximum absolute atomic E-state index is 13.2. The molecule has 1 unspecified atom stereocenters. The van der Waals surface area contributed by atoms with Gasteiger partial charge in [-0.3, -0.25) is 0 Å². The Bertz CT molecular complexity index is 843. The van der Waals surface area contributed by atoms with E-state index in [0.29, 0.717) is 24.4 Å². The van der Waals surface area contributed by atoms with Crippen molar-refractivity contribution in [2.24, 2.45) is 0 Å². The zero-order valence-corrected chi connectivity index (χ0v) is 19.8. The molecule has 0 spiro atoms. The van der Waals surface area contributed by atoms with Crippen molar-refractivity contribution in [1.29, 1.82) is 0 Å². The number of ether oxygens (including phenoxy) is 3. The molecule has 0 saturated heterocycles. The van der Waals surface area contributed by atoms with Gasteiger partial charge in [-0.05, 0) is 37.1 Å². The van der Waals surface area contributed by atoms with Crippen LogP contribution in [0.1, 0.15) is 69.2 Å². The van der Waals surface area contributed by atoms with E-state index in [4.69, 9.17) is 9.47 Å². The molecule has 0 N–H and O–H groups in total. The fourth-order valence-corrected chi connectivity index (χ4v) is 3.01. The van der Waals surface area contributed by atoms with Crippen LogP contribution in [0.5, 0.6) is 5.75 Å². The first-order chi connectivity index (χ1) is 16.3. The highest BCUT2D eigenvalue weighted by molar-refractivity contribution is 5.89. The van der Waals surface area contributed by atoms with Gasteiger partial charge < -0.3 is 14.2 Å². The van der Waals surface area contributed by atoms with Gasteiger partial charge in [-0.1, -0.05) is 46.0 Å². The summed E-state index contributed by atoms with van der Waals surface area (Å²) in [6.07, 6.45) is 2.42. The number of aromatic nitrogens is 2. The summed E-state index contributed by atoms with van der Waals surface area (Å²) >= 11 is 0. The summed E-state index contributed by atoms with van der Waals surface area (Å²) in [5, 5.41) is 0. The molecular weight excluding hydrogens is 449 g/mol. The highest BCUT2D eigenvalue weighted by Gasteiger charge is 2.43. The Balaban J connectivity index is 1.90. The van der Waals surface area contributed by atoms with Gasteiger partial charge in [-0.25, -0.2) is 14.8 Å². The van der Waals surface area contributed by atoms with E-state index in [1.54, 1.807) is 24.3 Å². The number of carbonyl (C=O) groups excluding carboxylic acids is 1. The third-order valence-electron chi connectivity index (χ3n) is 5.04. The maximum Gasteiger partial charge on any atom is 0.427 e. The van der Waals surface area contributed by atoms with Crippen molar-refractivity contribution < 1.29 is 32.2 Å². The molecule has 34 heavy (non-hydrogen) atoms. The lowest BCUT2D eigenvalue weighted by Gasteiger charge is -2.20. The van der Waals surface area contributed by atoms with Crippen molar-refractivity contribution in [2.45, 2.75) is 71.1 Å². The fourth-order valence-electron chi connectivity index (χ4n) is 3.01. The summed E-state index contributed by atoms with van der Waals surface area (Å²) in [6.45, 7) is 4.14. The second-order valence-electron chi connectivity index (χ2n) is 7.95. The van der Waals surface area contributed by atoms with Gasteiger partial charge in [0.2, 0.25) is 6.10 Å². The number of unbranched alkanes of at least 4 members (excludes halogenated alkanes) is 5. The molecular formula is C25H33F3N2O4. The normalized spacial score (nSPS) is 12.4. The van der Waals surface area contributed by atoms with Gasteiger partial charge in [-0.15, -0.1) is 0 Å². The Morgan fingerprint density at radius 2 is 1.56 bits per heavy atom. The molecule has 2 rings (SSSR count). The Morgan fingerprint density at radius 1 is 0.912 bits per heavy atom. The van der Waals surface area contributed by atoms with Crippen molar-refractivity contribution in [1.82, 2.24) is 9.97 Å². The highest BCUT2D eigenvalue weighted by atomic mass is 19.4. The predicted molar refractivity (Wildman–Crippen MR) is 123 cm³/mol. The third-order valence-corrected chi connectivity index (χ3v) is 5.04. The molecule has 0 aliphatic carbocycles. The standard InChI is InChI=1S/C25H33F3N2O4/c1-3-5-7-8-9-15-33-21-12-10-19(11-13-21)23-29-16-20(17-30-23)24(31)34-22(25(26,27)28)18-32-14-6-4-2/h10-13,16-17,22H,3-9,14-15,18H2,1-2H3. The topological polar surface area (TPSA) is 70.5 Å². The van der Waals surface area contributed by atoms with Crippen molar-refractivity contribution in [3.8, 4) is 17.1 Å². The van der Waals surface area contributed by atoms with Gasteiger partial charge >= 0.3 is 12.1 Å². The van der Waals surface area contributed by atoms with E-state index in [2.05, 4.69) is 21.6 Å². The first kappa shape index (κ1) is 27.6. The number of halogens is 3. The summed E-state index contributed by atoms with van der Waals surface area (Å²) in [5.41, 5.74) is 0.516. The molecule has 1 aromatic heterocycles. The van der Waals surface area contributed by atoms with Crippen molar-refractivity contribution in [2.75, 3.05) is 19.8 Å². The van der Waals surface area contributed by atoms with Gasteiger partial charge in [0, 0.05) is 24.6 Å². The summed E-state index contributed by atoms with van der Waals surface area (Å²) < 4.78 is 54.9. The number of benzene rings is 1. The van der Waals surface area contributed by atoms with Crippen LogP contribution in [0, 0.1) is 0 Å². The van der Waals surface area contributed by atoms with E-state index in [9.17, 15) is 18.0 Å². The zero-order valence-electron chi connectivity index (χ0n) is 19.8. The van der Waals surface area contributed by atoms with E-state index in [1.165, 1.54) is 19.3 Å². The van der Waals surface area contributed by atoms with Crippen LogP contribution in [0.25, 0.3) is 11.4 Å². The average molecular weight is 483 g/mol. The third kappa shape index (κ3) is 9.67. The summed E-state index contributed by atoms with van der Waals surface area (Å²) in [7, 11) is 0. The number of hydrogen-bond donors (Lipinski definition) is 0. The highest BCUT2D eigenvalue weighted by Crippen LogP contribution is 2.25. The molecule has 0 fully saturated rings. The number of nitrogens with zero attached hydrogens (tertiary/aromatic N) is 2. The van der Waals surface area contributed by atoms with Crippen LogP contribution in [-0.2, 0) is 9.47 Å². The monoisotopic (exact) mass is 482 g/mol. The minimum absolute atomic E-state index is 0.168. The van der Waals surface area contributed by atoms with Crippen LogP contribution in [0.3, 0.4) is 0 Å². The van der Waals surface area contributed by atoms with Gasteiger partial charge in [0.15, 0.2) is 5.82 Å². The van der Waals surface area contributed by atoms with Crippen molar-refractivity contribution in [3.05, 3.63) is 42.2 Å². The quantitative estimate of drug-likeness (QED) is 0.216. The van der Waals surface area contributed by atoms with Crippen molar-refractivity contribution in [3.63, 3.8) is 0 Å². The van der Waals surface area contributed by atoms with Crippen molar-refractivity contribution >= 4 is 5.97 Å². The van der Waals surface area contributed by atoms with Crippen LogP contribution in [0.2, 0.25) is 0 Å². The van der Waals surface area contributed by atoms with Crippen LogP contribution in [0.4, 0.5) is 13.2 Å². The summed E-state index contributed by atoms with van der Waals surface area (Å²) in [5.74, 6) is -0.0904. The molecule has 1 atom stereocenters. The molecule has 9 heteroatoms. The summed E-state index contributed by atoms with van der Waals surface area (Å²) in [4.78, 5) is 20.4. The summed E-state index contributed by atoms with van der Waals surface area (Å²) in [6, 6.07) is 7.18. The molecule has 2 aromatic rings. The predicted octanol–water partition coefficient (Wildman–Crippen LogP) is 6.40. The number of esters is 1. The minimum atomic E-state index is -4.73. The van der Waals surface area contributed by atoms with E-state index >= 15 is 0 Å². The Hall–Kier alpha value is -2.68. The smallest absolute Gasteiger partial charge is 0.427 e. The number of carbonyl (C=O) groups is 1. The van der Waals surface area contributed by atoms with Gasteiger partial charge in [0.25, 0.3) is 0 Å². The Labute approximate surface area is 198 Å². The SMILES string of the molecule is CCCCCCCOc1ccc(-c2ncc(C(=O)OC(COCCCC)C(F)(F)F)cn2)cc1. The molecule has 0 aliphatic rings.